The summed E-state index contributed by atoms with van der Waals surface area (Å²) >= 11 is 1.71. The van der Waals surface area contributed by atoms with Crippen molar-refractivity contribution in [3.8, 4) is 0 Å². The van der Waals surface area contributed by atoms with E-state index in [1.165, 1.54) is 11.1 Å². The molecule has 1 aromatic carbocycles. The van der Waals surface area contributed by atoms with Gasteiger partial charge in [0.1, 0.15) is 6.10 Å². The second-order valence-electron chi connectivity index (χ2n) is 8.12. The second-order valence-corrected chi connectivity index (χ2v) is 8.90. The number of benzene rings is 1. The molecule has 4 rings (SSSR count). The number of hydrogen-bond acceptors (Lipinski definition) is 4. The third-order valence-electron chi connectivity index (χ3n) is 6.23. The Kier molecular flexibility index (Phi) is 6.66. The molecule has 0 unspecified atom stereocenters. The third-order valence-corrected chi connectivity index (χ3v) is 6.97. The molecule has 2 aromatic heterocycles. The minimum Gasteiger partial charge on any atom is -0.489 e. The first-order valence-electron chi connectivity index (χ1n) is 10.7. The quantitative estimate of drug-likeness (QED) is 0.344. The van der Waals surface area contributed by atoms with Crippen molar-refractivity contribution in [3.05, 3.63) is 89.5 Å². The number of allylic oxidation sites excluding steroid dienone is 1. The number of rotatable bonds is 8. The molecule has 1 N–H and O–H groups in total. The molecule has 1 aliphatic heterocycles. The van der Waals surface area contributed by atoms with Gasteiger partial charge in [0.25, 0.3) is 0 Å². The zero-order valence-electron chi connectivity index (χ0n) is 17.6. The Balaban J connectivity index is 1.65. The van der Waals surface area contributed by atoms with Crippen molar-refractivity contribution < 1.29 is 4.74 Å². The Morgan fingerprint density at radius 3 is 2.97 bits per heavy atom. The topological polar surface area (TPSA) is 34.1 Å². The van der Waals surface area contributed by atoms with E-state index < -0.39 is 0 Å². The van der Waals surface area contributed by atoms with Crippen molar-refractivity contribution in [1.29, 1.82) is 0 Å². The Labute approximate surface area is 183 Å². The molecule has 3 heterocycles. The Hall–Kier alpha value is -2.43. The summed E-state index contributed by atoms with van der Waals surface area (Å²) in [5, 5.41) is 9.16. The van der Waals surface area contributed by atoms with Crippen LogP contribution in [0.3, 0.4) is 0 Å². The first-order valence-corrected chi connectivity index (χ1v) is 11.7. The molecule has 0 bridgehead atoms. The number of piperidine rings is 1. The van der Waals surface area contributed by atoms with Crippen molar-refractivity contribution in [2.45, 2.75) is 38.3 Å². The van der Waals surface area contributed by atoms with Crippen LogP contribution in [0.15, 0.2) is 78.3 Å². The lowest BCUT2D eigenvalue weighted by molar-refractivity contribution is 0.0511. The molecule has 4 heteroatoms. The molecular weight excluding hydrogens is 388 g/mol. The maximum atomic E-state index is 6.61. The molecule has 1 aliphatic rings. The molecule has 0 amide bonds. The van der Waals surface area contributed by atoms with E-state index in [1.807, 2.05) is 12.3 Å². The highest BCUT2D eigenvalue weighted by molar-refractivity contribution is 7.07. The summed E-state index contributed by atoms with van der Waals surface area (Å²) in [7, 11) is 0. The zero-order chi connectivity index (χ0) is 20.9. The maximum Gasteiger partial charge on any atom is 0.139 e. The van der Waals surface area contributed by atoms with Gasteiger partial charge in [-0.05, 0) is 52.8 Å². The number of para-hydroxylation sites is 1. The van der Waals surface area contributed by atoms with Gasteiger partial charge in [-0.3, -0.25) is 4.98 Å². The van der Waals surface area contributed by atoms with E-state index in [9.17, 15) is 0 Å². The predicted molar refractivity (Wildman–Crippen MR) is 127 cm³/mol. The van der Waals surface area contributed by atoms with Gasteiger partial charge >= 0.3 is 0 Å². The van der Waals surface area contributed by atoms with E-state index >= 15 is 0 Å². The van der Waals surface area contributed by atoms with Gasteiger partial charge in [0, 0.05) is 36.2 Å². The number of pyridine rings is 1. The standard InChI is InChI=1S/C26H30N2OS/c1-4-20-15-25(28-16-21(20)5-2)26(29-18(3)14-19-11-13-30-17-19)23-10-12-27-24-9-7-6-8-22(23)24/h5-13,17,20-21,25-26,28H,2-4,14-16H2,1H3/t20-,21-,25+,26-/m0/s1. The number of fused-ring (bicyclic) bond motifs is 1. The molecule has 0 spiro atoms. The SMILES string of the molecule is C=C[C@H]1CN[C@@H]([C@@H](OC(=C)Cc2ccsc2)c2ccnc3ccccc23)C[C@@H]1CC. The zero-order valence-corrected chi connectivity index (χ0v) is 18.4. The van der Waals surface area contributed by atoms with Crippen molar-refractivity contribution in [3.63, 3.8) is 0 Å². The van der Waals surface area contributed by atoms with Gasteiger partial charge < -0.3 is 10.1 Å². The average molecular weight is 419 g/mol. The smallest absolute Gasteiger partial charge is 0.139 e. The number of nitrogens with zero attached hydrogens (tertiary/aromatic N) is 1. The number of hydrogen-bond donors (Lipinski definition) is 1. The molecular formula is C26H30N2OS. The van der Waals surface area contributed by atoms with Crippen LogP contribution in [-0.4, -0.2) is 17.6 Å². The summed E-state index contributed by atoms with van der Waals surface area (Å²) in [6.07, 6.45) is 6.83. The van der Waals surface area contributed by atoms with Crippen LogP contribution in [-0.2, 0) is 11.2 Å². The lowest BCUT2D eigenvalue weighted by Crippen LogP contribution is -2.46. The fraction of sp³-hybridized carbons (Fsp3) is 0.346. The summed E-state index contributed by atoms with van der Waals surface area (Å²) in [6.45, 7) is 11.5. The van der Waals surface area contributed by atoms with Gasteiger partial charge in [-0.15, -0.1) is 6.58 Å². The summed E-state index contributed by atoms with van der Waals surface area (Å²) in [5.41, 5.74) is 3.42. The number of aromatic nitrogens is 1. The molecule has 30 heavy (non-hydrogen) atoms. The first kappa shape index (κ1) is 20.8. The molecule has 4 atom stereocenters. The summed E-state index contributed by atoms with van der Waals surface area (Å²) in [6, 6.07) is 12.8. The fourth-order valence-corrected chi connectivity index (χ4v) is 5.25. The van der Waals surface area contributed by atoms with Crippen LogP contribution in [0.2, 0.25) is 0 Å². The maximum absolute atomic E-state index is 6.61. The molecule has 1 fully saturated rings. The van der Waals surface area contributed by atoms with Gasteiger partial charge in [0.2, 0.25) is 0 Å². The van der Waals surface area contributed by atoms with E-state index in [2.05, 4.69) is 77.6 Å². The summed E-state index contributed by atoms with van der Waals surface area (Å²) in [4.78, 5) is 4.56. The van der Waals surface area contributed by atoms with Crippen molar-refractivity contribution in [2.75, 3.05) is 6.54 Å². The highest BCUT2D eigenvalue weighted by Crippen LogP contribution is 2.37. The lowest BCUT2D eigenvalue weighted by Gasteiger charge is -2.39. The fourth-order valence-electron chi connectivity index (χ4n) is 4.58. The van der Waals surface area contributed by atoms with Gasteiger partial charge in [0.05, 0.1) is 11.3 Å². The Bertz CT molecular complexity index is 992. The van der Waals surface area contributed by atoms with Crippen LogP contribution in [0.4, 0.5) is 0 Å². The van der Waals surface area contributed by atoms with E-state index in [1.54, 1.807) is 11.3 Å². The van der Waals surface area contributed by atoms with Crippen molar-refractivity contribution in [1.82, 2.24) is 10.3 Å². The van der Waals surface area contributed by atoms with Crippen LogP contribution in [0.25, 0.3) is 10.9 Å². The minimum absolute atomic E-state index is 0.108. The molecule has 3 nitrogen and oxygen atoms in total. The molecule has 0 aliphatic carbocycles. The largest absolute Gasteiger partial charge is 0.489 e. The molecule has 0 radical (unpaired) electrons. The van der Waals surface area contributed by atoms with E-state index in [-0.39, 0.29) is 12.1 Å². The van der Waals surface area contributed by atoms with Gasteiger partial charge in [-0.2, -0.15) is 11.3 Å². The van der Waals surface area contributed by atoms with Crippen LogP contribution in [0.1, 0.15) is 37.0 Å². The average Bonchev–Trinajstić information content (AvgIpc) is 3.29. The monoisotopic (exact) mass is 418 g/mol. The minimum atomic E-state index is -0.108. The van der Waals surface area contributed by atoms with Crippen LogP contribution in [0, 0.1) is 11.8 Å². The number of thiophene rings is 1. The summed E-state index contributed by atoms with van der Waals surface area (Å²) < 4.78 is 6.61. The molecule has 3 aromatic rings. The lowest BCUT2D eigenvalue weighted by atomic mass is 9.79. The normalized spacial score (nSPS) is 22.5. The van der Waals surface area contributed by atoms with Crippen LogP contribution >= 0.6 is 11.3 Å². The van der Waals surface area contributed by atoms with E-state index in [0.717, 1.165) is 42.5 Å². The molecule has 156 valence electrons. The Morgan fingerprint density at radius 1 is 1.33 bits per heavy atom. The second kappa shape index (κ2) is 9.59. The number of ether oxygens (including phenoxy) is 1. The summed E-state index contributed by atoms with van der Waals surface area (Å²) in [5.74, 6) is 1.92. The molecule has 1 saturated heterocycles. The highest BCUT2D eigenvalue weighted by atomic mass is 32.1. The number of nitrogens with one attached hydrogen (secondary N) is 1. The van der Waals surface area contributed by atoms with Gasteiger partial charge in [-0.1, -0.05) is 44.2 Å². The highest BCUT2D eigenvalue weighted by Gasteiger charge is 2.34. The van der Waals surface area contributed by atoms with E-state index in [4.69, 9.17) is 4.74 Å². The van der Waals surface area contributed by atoms with E-state index in [0.29, 0.717) is 11.8 Å². The van der Waals surface area contributed by atoms with Crippen LogP contribution < -0.4 is 5.32 Å². The predicted octanol–water partition coefficient (Wildman–Crippen LogP) is 6.30. The Morgan fingerprint density at radius 2 is 2.20 bits per heavy atom. The first-order chi connectivity index (χ1) is 14.7. The molecule has 0 saturated carbocycles. The van der Waals surface area contributed by atoms with Crippen molar-refractivity contribution >= 4 is 22.2 Å². The van der Waals surface area contributed by atoms with Crippen molar-refractivity contribution in [2.24, 2.45) is 11.8 Å². The van der Waals surface area contributed by atoms with Gasteiger partial charge in [-0.25, -0.2) is 0 Å². The van der Waals surface area contributed by atoms with Gasteiger partial charge in [0.15, 0.2) is 0 Å². The third kappa shape index (κ3) is 4.50. The van der Waals surface area contributed by atoms with Crippen LogP contribution in [0.5, 0.6) is 0 Å².